The lowest BCUT2D eigenvalue weighted by molar-refractivity contribution is 0.352. The van der Waals surface area contributed by atoms with Gasteiger partial charge in [0.05, 0.1) is 14.2 Å². The number of nitrogens with two attached hydrogens (primary N) is 2. The maximum Gasteiger partial charge on any atom is 0.221 e. The van der Waals surface area contributed by atoms with Crippen molar-refractivity contribution in [1.82, 2.24) is 9.97 Å². The normalized spacial score (nSPS) is 11.1. The molecule has 0 atom stereocenters. The van der Waals surface area contributed by atoms with Crippen LogP contribution in [0.3, 0.4) is 0 Å². The summed E-state index contributed by atoms with van der Waals surface area (Å²) in [5.41, 5.74) is 16.2. The Kier molecular flexibility index (Phi) is 5.61. The van der Waals surface area contributed by atoms with Crippen molar-refractivity contribution in [3.8, 4) is 11.5 Å². The smallest absolute Gasteiger partial charge is 0.221 e. The molecule has 2 aromatic heterocycles. The lowest BCUT2D eigenvalue weighted by Crippen LogP contribution is -2.04. The number of hydrogen-bond acceptors (Lipinski definition) is 7. The van der Waals surface area contributed by atoms with Gasteiger partial charge in [-0.1, -0.05) is 23.7 Å². The number of aromatic nitrogens is 2. The van der Waals surface area contributed by atoms with E-state index in [9.17, 15) is 0 Å². The lowest BCUT2D eigenvalue weighted by atomic mass is 9.98. The number of anilines is 2. The van der Waals surface area contributed by atoms with E-state index in [1.165, 1.54) is 0 Å². The molecule has 0 spiro atoms. The fourth-order valence-electron chi connectivity index (χ4n) is 3.73. The number of halogens is 1. The Morgan fingerprint density at radius 2 is 1.77 bits per heavy atom. The zero-order valence-electron chi connectivity index (χ0n) is 17.5. The molecule has 0 aliphatic carbocycles. The Hall–Kier alpha value is -3.45. The van der Waals surface area contributed by atoms with E-state index in [0.29, 0.717) is 40.8 Å². The lowest BCUT2D eigenvalue weighted by Gasteiger charge is -2.12. The molecule has 160 valence electrons. The van der Waals surface area contributed by atoms with Crippen molar-refractivity contribution >= 4 is 34.3 Å². The van der Waals surface area contributed by atoms with E-state index in [2.05, 4.69) is 9.97 Å². The predicted octanol–water partition coefficient (Wildman–Crippen LogP) is 4.55. The molecule has 8 heteroatoms. The summed E-state index contributed by atoms with van der Waals surface area (Å²) < 4.78 is 17.5. The fourth-order valence-corrected chi connectivity index (χ4v) is 3.86. The van der Waals surface area contributed by atoms with Crippen LogP contribution in [-0.4, -0.2) is 24.2 Å². The minimum absolute atomic E-state index is 0.142. The van der Waals surface area contributed by atoms with Crippen molar-refractivity contribution in [2.24, 2.45) is 0 Å². The second-order valence-electron chi connectivity index (χ2n) is 7.24. The number of nitrogen functional groups attached to an aromatic ring is 2. The van der Waals surface area contributed by atoms with Gasteiger partial charge in [0.2, 0.25) is 11.7 Å². The third-order valence-corrected chi connectivity index (χ3v) is 5.55. The van der Waals surface area contributed by atoms with E-state index in [1.807, 2.05) is 37.3 Å². The van der Waals surface area contributed by atoms with Crippen LogP contribution in [0.5, 0.6) is 11.5 Å². The van der Waals surface area contributed by atoms with Gasteiger partial charge in [-0.2, -0.15) is 4.98 Å². The summed E-state index contributed by atoms with van der Waals surface area (Å²) in [5, 5.41) is 1.65. The van der Waals surface area contributed by atoms with Crippen molar-refractivity contribution < 1.29 is 13.9 Å². The van der Waals surface area contributed by atoms with E-state index < -0.39 is 0 Å². The first kappa shape index (κ1) is 20.8. The van der Waals surface area contributed by atoms with Crippen LogP contribution in [0, 0.1) is 6.92 Å². The first-order valence-corrected chi connectivity index (χ1v) is 10.1. The largest absolute Gasteiger partial charge is 0.493 e. The van der Waals surface area contributed by atoms with Crippen LogP contribution in [0.4, 0.5) is 11.8 Å². The van der Waals surface area contributed by atoms with Gasteiger partial charge in [0.15, 0.2) is 11.3 Å². The standard InChI is InChI=1S/C23H23ClN4O3/c1-12-17(8-13-4-6-16(24)7-5-13)31-21-19(12)14(10-18(29-2)20(21)30-3)9-15-11-27-23(26)28-22(15)25/h4-7,10-11H,8-9H2,1-3H3,(H4,25,26,27,28). The third kappa shape index (κ3) is 3.96. The average molecular weight is 439 g/mol. The Bertz CT molecular complexity index is 1250. The summed E-state index contributed by atoms with van der Waals surface area (Å²) in [6.07, 6.45) is 2.75. The van der Waals surface area contributed by atoms with Gasteiger partial charge in [0.25, 0.3) is 0 Å². The first-order valence-electron chi connectivity index (χ1n) is 9.68. The number of hydrogen-bond donors (Lipinski definition) is 2. The monoisotopic (exact) mass is 438 g/mol. The van der Waals surface area contributed by atoms with Crippen molar-refractivity contribution in [3.63, 3.8) is 0 Å². The van der Waals surface area contributed by atoms with Crippen molar-refractivity contribution in [2.75, 3.05) is 25.7 Å². The molecule has 0 radical (unpaired) electrons. The van der Waals surface area contributed by atoms with E-state index in [4.69, 9.17) is 37.0 Å². The van der Waals surface area contributed by atoms with Crippen LogP contribution in [-0.2, 0) is 12.8 Å². The fraction of sp³-hybridized carbons (Fsp3) is 0.217. The molecule has 0 bridgehead atoms. The molecule has 0 saturated carbocycles. The number of ether oxygens (including phenoxy) is 2. The highest BCUT2D eigenvalue weighted by Crippen LogP contribution is 2.43. The van der Waals surface area contributed by atoms with Gasteiger partial charge in [-0.25, -0.2) is 4.98 Å². The van der Waals surface area contributed by atoms with E-state index in [1.54, 1.807) is 20.4 Å². The zero-order chi connectivity index (χ0) is 22.1. The van der Waals surface area contributed by atoms with Gasteiger partial charge in [-0.3, -0.25) is 0 Å². The Morgan fingerprint density at radius 1 is 1.03 bits per heavy atom. The number of aryl methyl sites for hydroxylation is 1. The van der Waals surface area contributed by atoms with Gasteiger partial charge in [-0.05, 0) is 41.8 Å². The van der Waals surface area contributed by atoms with Crippen molar-refractivity contribution in [2.45, 2.75) is 19.8 Å². The van der Waals surface area contributed by atoms with Gasteiger partial charge >= 0.3 is 0 Å². The molecule has 0 saturated heterocycles. The molecule has 31 heavy (non-hydrogen) atoms. The van der Waals surface area contributed by atoms with E-state index in [-0.39, 0.29) is 5.95 Å². The number of fused-ring (bicyclic) bond motifs is 1. The molecule has 2 heterocycles. The molecule has 7 nitrogen and oxygen atoms in total. The van der Waals surface area contributed by atoms with Crippen LogP contribution in [0.1, 0.15) is 28.0 Å². The highest BCUT2D eigenvalue weighted by Gasteiger charge is 2.23. The predicted molar refractivity (Wildman–Crippen MR) is 122 cm³/mol. The number of furan rings is 1. The van der Waals surface area contributed by atoms with Crippen LogP contribution in [0.2, 0.25) is 5.02 Å². The number of benzene rings is 2. The average Bonchev–Trinajstić information content (AvgIpc) is 3.07. The van der Waals surface area contributed by atoms with Crippen molar-refractivity contribution in [1.29, 1.82) is 0 Å². The molecule has 0 aliphatic rings. The third-order valence-electron chi connectivity index (χ3n) is 5.30. The minimum Gasteiger partial charge on any atom is -0.493 e. The summed E-state index contributed by atoms with van der Waals surface area (Å²) in [5.74, 6) is 2.45. The van der Waals surface area contributed by atoms with Gasteiger partial charge in [0.1, 0.15) is 11.6 Å². The number of methoxy groups -OCH3 is 2. The Labute approximate surface area is 184 Å². The first-order chi connectivity index (χ1) is 14.9. The molecule has 0 unspecified atom stereocenters. The number of rotatable bonds is 6. The highest BCUT2D eigenvalue weighted by molar-refractivity contribution is 6.30. The van der Waals surface area contributed by atoms with Gasteiger partial charge < -0.3 is 25.4 Å². The van der Waals surface area contributed by atoms with Crippen LogP contribution < -0.4 is 20.9 Å². The minimum atomic E-state index is 0.142. The second-order valence-corrected chi connectivity index (χ2v) is 7.68. The SMILES string of the molecule is COc1cc(Cc2cnc(N)nc2N)c2c(C)c(Cc3ccc(Cl)cc3)oc2c1OC. The summed E-state index contributed by atoms with van der Waals surface area (Å²) in [7, 11) is 3.19. The molecule has 0 aliphatic heterocycles. The molecule has 4 rings (SSSR count). The second kappa shape index (κ2) is 8.35. The summed E-state index contributed by atoms with van der Waals surface area (Å²) >= 11 is 6.02. The van der Waals surface area contributed by atoms with E-state index in [0.717, 1.165) is 33.4 Å². The topological polar surface area (TPSA) is 109 Å². The molecule has 0 amide bonds. The summed E-state index contributed by atoms with van der Waals surface area (Å²) in [6.45, 7) is 2.04. The molecule has 4 N–H and O–H groups in total. The molecular weight excluding hydrogens is 416 g/mol. The Balaban J connectivity index is 1.86. The van der Waals surface area contributed by atoms with Crippen LogP contribution >= 0.6 is 11.6 Å². The zero-order valence-corrected chi connectivity index (χ0v) is 18.3. The molecule has 0 fully saturated rings. The maximum atomic E-state index is 6.30. The van der Waals surface area contributed by atoms with Crippen LogP contribution in [0.25, 0.3) is 11.0 Å². The van der Waals surface area contributed by atoms with Gasteiger partial charge in [-0.15, -0.1) is 0 Å². The van der Waals surface area contributed by atoms with E-state index >= 15 is 0 Å². The maximum absolute atomic E-state index is 6.30. The van der Waals surface area contributed by atoms with Gasteiger partial charge in [0, 0.05) is 35.0 Å². The molecule has 2 aromatic carbocycles. The summed E-state index contributed by atoms with van der Waals surface area (Å²) in [4.78, 5) is 8.15. The van der Waals surface area contributed by atoms with Crippen LogP contribution in [0.15, 0.2) is 40.9 Å². The number of nitrogens with zero attached hydrogens (tertiary/aromatic N) is 2. The molecular formula is C23H23ClN4O3. The highest BCUT2D eigenvalue weighted by atomic mass is 35.5. The Morgan fingerprint density at radius 3 is 2.42 bits per heavy atom. The quantitative estimate of drug-likeness (QED) is 0.454. The van der Waals surface area contributed by atoms with Crippen molar-refractivity contribution in [3.05, 3.63) is 69.6 Å². The molecule has 4 aromatic rings. The summed E-state index contributed by atoms with van der Waals surface area (Å²) in [6, 6.07) is 9.65.